The molecule has 2 heterocycles. The van der Waals surface area contributed by atoms with E-state index in [9.17, 15) is 4.79 Å². The minimum atomic E-state index is -0.187. The molecule has 2 rings (SSSR count). The van der Waals surface area contributed by atoms with Crippen LogP contribution in [0.5, 0.6) is 5.75 Å². The van der Waals surface area contributed by atoms with Crippen molar-refractivity contribution in [2.45, 2.75) is 39.5 Å². The molecule has 0 spiro atoms. The number of aromatic nitrogens is 2. The van der Waals surface area contributed by atoms with Gasteiger partial charge >= 0.3 is 0 Å². The zero-order valence-corrected chi connectivity index (χ0v) is 14.7. The maximum atomic E-state index is 12.1. The van der Waals surface area contributed by atoms with Crippen molar-refractivity contribution in [3.8, 4) is 5.75 Å². The van der Waals surface area contributed by atoms with Gasteiger partial charge in [-0.15, -0.1) is 0 Å². The fourth-order valence-electron chi connectivity index (χ4n) is 2.26. The minimum absolute atomic E-state index is 0.187. The third-order valence-corrected chi connectivity index (χ3v) is 3.76. The van der Waals surface area contributed by atoms with Crippen LogP contribution in [0.4, 0.5) is 0 Å². The Balaban J connectivity index is 1.83. The lowest BCUT2D eigenvalue weighted by Gasteiger charge is -2.13. The number of hydrogen-bond donors (Lipinski definition) is 1. The van der Waals surface area contributed by atoms with Crippen LogP contribution >= 0.6 is 0 Å². The molecule has 1 N–H and O–H groups in total. The highest BCUT2D eigenvalue weighted by atomic mass is 16.5. The van der Waals surface area contributed by atoms with Gasteiger partial charge in [-0.2, -0.15) is 0 Å². The third-order valence-electron chi connectivity index (χ3n) is 3.76. The molecule has 0 unspecified atom stereocenters. The standard InChI is InChI=1S/C19H25N3O2/c1-13(2)15-5-6-17(22-11-15)19(23)21-9-10-24-18-7-8-20-12-16(18)14(3)4/h5-8,11-14H,9-10H2,1-4H3,(H,21,23). The van der Waals surface area contributed by atoms with Crippen LogP contribution in [-0.2, 0) is 0 Å². The quantitative estimate of drug-likeness (QED) is 0.790. The Morgan fingerprint density at radius 2 is 1.92 bits per heavy atom. The van der Waals surface area contributed by atoms with E-state index in [0.717, 1.165) is 16.9 Å². The molecule has 2 aromatic heterocycles. The summed E-state index contributed by atoms with van der Waals surface area (Å²) in [5, 5.41) is 2.82. The Kier molecular flexibility index (Phi) is 6.29. The summed E-state index contributed by atoms with van der Waals surface area (Å²) in [4.78, 5) is 20.4. The smallest absolute Gasteiger partial charge is 0.269 e. The van der Waals surface area contributed by atoms with Gasteiger partial charge in [-0.05, 0) is 29.5 Å². The monoisotopic (exact) mass is 327 g/mol. The first-order chi connectivity index (χ1) is 11.5. The predicted molar refractivity (Wildman–Crippen MR) is 94.5 cm³/mol. The highest BCUT2D eigenvalue weighted by Crippen LogP contribution is 2.24. The van der Waals surface area contributed by atoms with Crippen LogP contribution in [-0.4, -0.2) is 29.0 Å². The van der Waals surface area contributed by atoms with Crippen LogP contribution in [0.15, 0.2) is 36.8 Å². The molecule has 2 aromatic rings. The summed E-state index contributed by atoms with van der Waals surface area (Å²) in [5.74, 6) is 1.37. The van der Waals surface area contributed by atoms with E-state index in [1.165, 1.54) is 0 Å². The second-order valence-electron chi connectivity index (χ2n) is 6.30. The molecule has 0 atom stereocenters. The molecule has 128 valence electrons. The topological polar surface area (TPSA) is 64.1 Å². The van der Waals surface area contributed by atoms with Crippen molar-refractivity contribution in [2.75, 3.05) is 13.2 Å². The van der Waals surface area contributed by atoms with E-state index in [0.29, 0.717) is 30.7 Å². The molecule has 0 saturated carbocycles. The van der Waals surface area contributed by atoms with Crippen LogP contribution in [0.1, 0.15) is 61.1 Å². The molecule has 0 aliphatic heterocycles. The first-order valence-corrected chi connectivity index (χ1v) is 8.30. The number of nitrogens with one attached hydrogen (secondary N) is 1. The lowest BCUT2D eigenvalue weighted by atomic mass is 10.1. The normalized spacial score (nSPS) is 10.9. The predicted octanol–water partition coefficient (Wildman–Crippen LogP) is 3.53. The van der Waals surface area contributed by atoms with Crippen LogP contribution in [0, 0.1) is 0 Å². The first-order valence-electron chi connectivity index (χ1n) is 8.30. The van der Waals surface area contributed by atoms with E-state index >= 15 is 0 Å². The van der Waals surface area contributed by atoms with Gasteiger partial charge < -0.3 is 10.1 Å². The molecule has 5 nitrogen and oxygen atoms in total. The SMILES string of the molecule is CC(C)c1ccc(C(=O)NCCOc2ccncc2C(C)C)nc1. The molecule has 0 saturated heterocycles. The molecule has 1 amide bonds. The highest BCUT2D eigenvalue weighted by Gasteiger charge is 2.09. The van der Waals surface area contributed by atoms with Gasteiger partial charge in [-0.3, -0.25) is 14.8 Å². The number of nitrogens with zero attached hydrogens (tertiary/aromatic N) is 2. The van der Waals surface area contributed by atoms with Gasteiger partial charge in [0.1, 0.15) is 18.1 Å². The van der Waals surface area contributed by atoms with E-state index in [4.69, 9.17) is 4.74 Å². The summed E-state index contributed by atoms with van der Waals surface area (Å²) in [5.41, 5.74) is 2.61. The Bertz CT molecular complexity index is 667. The Morgan fingerprint density at radius 1 is 1.12 bits per heavy atom. The third kappa shape index (κ3) is 4.78. The van der Waals surface area contributed by atoms with Crippen molar-refractivity contribution in [1.29, 1.82) is 0 Å². The van der Waals surface area contributed by atoms with Crippen molar-refractivity contribution in [3.63, 3.8) is 0 Å². The highest BCUT2D eigenvalue weighted by molar-refractivity contribution is 5.92. The summed E-state index contributed by atoms with van der Waals surface area (Å²) >= 11 is 0. The molecule has 0 aliphatic rings. The van der Waals surface area contributed by atoms with Crippen LogP contribution in [0.25, 0.3) is 0 Å². The molecule has 0 bridgehead atoms. The number of ether oxygens (including phenoxy) is 1. The number of hydrogen-bond acceptors (Lipinski definition) is 4. The molecule has 0 aromatic carbocycles. The molecule has 0 radical (unpaired) electrons. The zero-order valence-electron chi connectivity index (χ0n) is 14.7. The van der Waals surface area contributed by atoms with Crippen molar-refractivity contribution in [2.24, 2.45) is 0 Å². The fourth-order valence-corrected chi connectivity index (χ4v) is 2.26. The van der Waals surface area contributed by atoms with Gasteiger partial charge in [0.25, 0.3) is 5.91 Å². The summed E-state index contributed by atoms with van der Waals surface area (Å²) < 4.78 is 5.76. The zero-order chi connectivity index (χ0) is 17.5. The van der Waals surface area contributed by atoms with Crippen molar-refractivity contribution < 1.29 is 9.53 Å². The van der Waals surface area contributed by atoms with E-state index in [-0.39, 0.29) is 5.91 Å². The molecule has 0 aliphatic carbocycles. The van der Waals surface area contributed by atoms with Crippen molar-refractivity contribution in [1.82, 2.24) is 15.3 Å². The largest absolute Gasteiger partial charge is 0.491 e. The maximum absolute atomic E-state index is 12.1. The van der Waals surface area contributed by atoms with Gasteiger partial charge in [0, 0.05) is 24.2 Å². The fraction of sp³-hybridized carbons (Fsp3) is 0.421. The second kappa shape index (κ2) is 8.43. The average Bonchev–Trinajstić information content (AvgIpc) is 2.58. The number of carbonyl (C=O) groups excluding carboxylic acids is 1. The van der Waals surface area contributed by atoms with Crippen LogP contribution in [0.2, 0.25) is 0 Å². The first kappa shape index (κ1) is 17.9. The lowest BCUT2D eigenvalue weighted by Crippen LogP contribution is -2.28. The summed E-state index contributed by atoms with van der Waals surface area (Å²) in [7, 11) is 0. The molecule has 5 heteroatoms. The summed E-state index contributed by atoms with van der Waals surface area (Å²) in [6, 6.07) is 5.55. The summed E-state index contributed by atoms with van der Waals surface area (Å²) in [6.07, 6.45) is 5.28. The lowest BCUT2D eigenvalue weighted by molar-refractivity contribution is 0.0942. The van der Waals surface area contributed by atoms with E-state index in [1.54, 1.807) is 18.5 Å². The number of rotatable bonds is 7. The van der Waals surface area contributed by atoms with Gasteiger partial charge in [0.15, 0.2) is 0 Å². The Hall–Kier alpha value is -2.43. The summed E-state index contributed by atoms with van der Waals surface area (Å²) in [6.45, 7) is 9.21. The average molecular weight is 327 g/mol. The minimum Gasteiger partial charge on any atom is -0.491 e. The Morgan fingerprint density at radius 3 is 2.54 bits per heavy atom. The molecule has 24 heavy (non-hydrogen) atoms. The van der Waals surface area contributed by atoms with E-state index in [1.807, 2.05) is 18.3 Å². The van der Waals surface area contributed by atoms with Gasteiger partial charge in [0.2, 0.25) is 0 Å². The van der Waals surface area contributed by atoms with Gasteiger partial charge in [-0.25, -0.2) is 0 Å². The second-order valence-corrected chi connectivity index (χ2v) is 6.30. The van der Waals surface area contributed by atoms with Crippen LogP contribution in [0.3, 0.4) is 0 Å². The molecular formula is C19H25N3O2. The number of carbonyl (C=O) groups is 1. The van der Waals surface area contributed by atoms with Crippen LogP contribution < -0.4 is 10.1 Å². The number of amides is 1. The van der Waals surface area contributed by atoms with Gasteiger partial charge in [-0.1, -0.05) is 33.8 Å². The Labute approximate surface area is 143 Å². The van der Waals surface area contributed by atoms with Gasteiger partial charge in [0.05, 0.1) is 6.54 Å². The molecular weight excluding hydrogens is 302 g/mol. The van der Waals surface area contributed by atoms with Crippen molar-refractivity contribution in [3.05, 3.63) is 53.6 Å². The molecule has 0 fully saturated rings. The van der Waals surface area contributed by atoms with E-state index < -0.39 is 0 Å². The van der Waals surface area contributed by atoms with E-state index in [2.05, 4.69) is 43.0 Å². The number of pyridine rings is 2. The maximum Gasteiger partial charge on any atom is 0.269 e. The van der Waals surface area contributed by atoms with Crippen molar-refractivity contribution >= 4 is 5.91 Å².